The van der Waals surface area contributed by atoms with E-state index in [9.17, 15) is 4.79 Å². The van der Waals surface area contributed by atoms with Gasteiger partial charge in [0.1, 0.15) is 16.8 Å². The molecule has 1 aromatic heterocycles. The Morgan fingerprint density at radius 1 is 1.33 bits per heavy atom. The van der Waals surface area contributed by atoms with E-state index >= 15 is 0 Å². The zero-order valence-electron chi connectivity index (χ0n) is 11.4. The summed E-state index contributed by atoms with van der Waals surface area (Å²) in [7, 11) is 0. The van der Waals surface area contributed by atoms with Crippen LogP contribution in [0, 0.1) is 11.3 Å². The monoisotopic (exact) mass is 298 g/mol. The molecule has 5 heteroatoms. The lowest BCUT2D eigenvalue weighted by molar-refractivity contribution is -0.118. The molecule has 2 aromatic rings. The number of ether oxygens (including phenoxy) is 1. The third-order valence-electron chi connectivity index (χ3n) is 3.48. The number of rotatable bonds is 4. The molecule has 1 heterocycles. The predicted octanol–water partition coefficient (Wildman–Crippen LogP) is 3.13. The van der Waals surface area contributed by atoms with Gasteiger partial charge in [0.15, 0.2) is 6.61 Å². The van der Waals surface area contributed by atoms with Crippen molar-refractivity contribution < 1.29 is 9.53 Å². The molecule has 0 saturated heterocycles. The van der Waals surface area contributed by atoms with E-state index in [1.165, 1.54) is 28.9 Å². The molecule has 0 aliphatic heterocycles. The van der Waals surface area contributed by atoms with Crippen LogP contribution in [0.5, 0.6) is 5.75 Å². The summed E-state index contributed by atoms with van der Waals surface area (Å²) < 4.78 is 5.53. The van der Waals surface area contributed by atoms with Crippen LogP contribution in [0.4, 0.5) is 5.00 Å². The van der Waals surface area contributed by atoms with Crippen molar-refractivity contribution in [3.63, 3.8) is 0 Å². The Morgan fingerprint density at radius 3 is 3.05 bits per heavy atom. The lowest BCUT2D eigenvalue weighted by atomic mass is 10.1. The fraction of sp³-hybridized carbons (Fsp3) is 0.250. The van der Waals surface area contributed by atoms with Crippen LogP contribution in [0.15, 0.2) is 29.6 Å². The molecule has 21 heavy (non-hydrogen) atoms. The molecule has 1 amide bonds. The summed E-state index contributed by atoms with van der Waals surface area (Å²) in [5.74, 6) is 0.465. The van der Waals surface area contributed by atoms with Gasteiger partial charge in [-0.25, -0.2) is 0 Å². The van der Waals surface area contributed by atoms with Crippen molar-refractivity contribution in [1.29, 1.82) is 5.26 Å². The minimum absolute atomic E-state index is 0.0540. The Kier molecular flexibility index (Phi) is 3.89. The number of nitrogens with zero attached hydrogens (tertiary/aromatic N) is 1. The number of nitrogens with one attached hydrogen (secondary N) is 1. The Bertz CT molecular complexity index is 715. The molecule has 3 rings (SSSR count). The largest absolute Gasteiger partial charge is 0.484 e. The van der Waals surface area contributed by atoms with Crippen LogP contribution in [0.1, 0.15) is 23.1 Å². The standard InChI is InChI=1S/C16H14N2O2S/c17-9-13-6-7-21-16(13)18-15(19)10-20-14-5-4-11-2-1-3-12(11)8-14/h4-8H,1-3,10H2,(H,18,19). The van der Waals surface area contributed by atoms with Gasteiger partial charge in [0.2, 0.25) is 0 Å². The molecular weight excluding hydrogens is 284 g/mol. The topological polar surface area (TPSA) is 62.1 Å². The molecular formula is C16H14N2O2S. The van der Waals surface area contributed by atoms with E-state index < -0.39 is 0 Å². The minimum Gasteiger partial charge on any atom is -0.484 e. The summed E-state index contributed by atoms with van der Waals surface area (Å²) in [6.45, 7) is -0.0540. The molecule has 106 valence electrons. The second kappa shape index (κ2) is 5.98. The second-order valence-electron chi connectivity index (χ2n) is 4.90. The summed E-state index contributed by atoms with van der Waals surface area (Å²) in [5, 5.41) is 13.9. The van der Waals surface area contributed by atoms with E-state index in [2.05, 4.69) is 11.4 Å². The van der Waals surface area contributed by atoms with Gasteiger partial charge in [0.25, 0.3) is 5.91 Å². The highest BCUT2D eigenvalue weighted by Gasteiger charge is 2.12. The molecule has 4 nitrogen and oxygen atoms in total. The van der Waals surface area contributed by atoms with E-state index in [1.54, 1.807) is 11.4 Å². The first kappa shape index (κ1) is 13.7. The van der Waals surface area contributed by atoms with Gasteiger partial charge in [-0.1, -0.05) is 6.07 Å². The number of fused-ring (bicyclic) bond motifs is 1. The number of amides is 1. The quantitative estimate of drug-likeness (QED) is 0.943. The fourth-order valence-electron chi connectivity index (χ4n) is 2.44. The summed E-state index contributed by atoms with van der Waals surface area (Å²) in [6, 6.07) is 9.71. The number of anilines is 1. The Hall–Kier alpha value is -2.32. The minimum atomic E-state index is -0.255. The van der Waals surface area contributed by atoms with Gasteiger partial charge in [-0.2, -0.15) is 5.26 Å². The van der Waals surface area contributed by atoms with Crippen LogP contribution in [-0.4, -0.2) is 12.5 Å². The summed E-state index contributed by atoms with van der Waals surface area (Å²) in [4.78, 5) is 11.8. The maximum Gasteiger partial charge on any atom is 0.262 e. The molecule has 0 radical (unpaired) electrons. The van der Waals surface area contributed by atoms with Crippen molar-refractivity contribution in [1.82, 2.24) is 0 Å². The molecule has 0 atom stereocenters. The van der Waals surface area contributed by atoms with Crippen LogP contribution in [-0.2, 0) is 17.6 Å². The molecule has 0 saturated carbocycles. The third kappa shape index (κ3) is 3.06. The Morgan fingerprint density at radius 2 is 2.19 bits per heavy atom. The number of aryl methyl sites for hydroxylation is 2. The highest BCUT2D eigenvalue weighted by Crippen LogP contribution is 2.26. The van der Waals surface area contributed by atoms with E-state index in [0.717, 1.165) is 18.6 Å². The summed E-state index contributed by atoms with van der Waals surface area (Å²) >= 11 is 1.33. The van der Waals surface area contributed by atoms with Crippen LogP contribution in [0.2, 0.25) is 0 Å². The van der Waals surface area contributed by atoms with Crippen LogP contribution >= 0.6 is 11.3 Å². The average molecular weight is 298 g/mol. The molecule has 1 aliphatic rings. The van der Waals surface area contributed by atoms with Gasteiger partial charge in [0, 0.05) is 0 Å². The van der Waals surface area contributed by atoms with Crippen molar-refractivity contribution in [3.05, 3.63) is 46.3 Å². The van der Waals surface area contributed by atoms with E-state index in [0.29, 0.717) is 10.6 Å². The van der Waals surface area contributed by atoms with Crippen molar-refractivity contribution in [2.45, 2.75) is 19.3 Å². The number of nitriles is 1. The lowest BCUT2D eigenvalue weighted by Gasteiger charge is -2.08. The normalized spacial score (nSPS) is 12.5. The molecule has 1 aromatic carbocycles. The first-order chi connectivity index (χ1) is 10.3. The van der Waals surface area contributed by atoms with E-state index in [4.69, 9.17) is 10.00 Å². The number of carbonyl (C=O) groups excluding carboxylic acids is 1. The molecule has 0 spiro atoms. The van der Waals surface area contributed by atoms with Gasteiger partial charge in [-0.15, -0.1) is 11.3 Å². The van der Waals surface area contributed by atoms with Crippen LogP contribution < -0.4 is 10.1 Å². The van der Waals surface area contributed by atoms with Gasteiger partial charge in [-0.3, -0.25) is 4.79 Å². The second-order valence-corrected chi connectivity index (χ2v) is 5.81. The van der Waals surface area contributed by atoms with E-state index in [-0.39, 0.29) is 12.5 Å². The number of hydrogen-bond donors (Lipinski definition) is 1. The number of thiophene rings is 1. The SMILES string of the molecule is N#Cc1ccsc1NC(=O)COc1ccc2c(c1)CCC2. The van der Waals surface area contributed by atoms with E-state index in [1.807, 2.05) is 18.2 Å². The number of hydrogen-bond acceptors (Lipinski definition) is 4. The number of benzene rings is 1. The van der Waals surface area contributed by atoms with Crippen molar-refractivity contribution in [2.75, 3.05) is 11.9 Å². The molecule has 0 unspecified atom stereocenters. The highest BCUT2D eigenvalue weighted by atomic mass is 32.1. The molecule has 0 fully saturated rings. The molecule has 1 aliphatic carbocycles. The summed E-state index contributed by atoms with van der Waals surface area (Å²) in [6.07, 6.45) is 3.40. The fourth-order valence-corrected chi connectivity index (χ4v) is 3.20. The number of carbonyl (C=O) groups is 1. The zero-order valence-corrected chi connectivity index (χ0v) is 12.2. The van der Waals surface area contributed by atoms with Crippen molar-refractivity contribution >= 4 is 22.2 Å². The zero-order chi connectivity index (χ0) is 14.7. The predicted molar refractivity (Wildman–Crippen MR) is 81.6 cm³/mol. The highest BCUT2D eigenvalue weighted by molar-refractivity contribution is 7.14. The van der Waals surface area contributed by atoms with Crippen LogP contribution in [0.25, 0.3) is 0 Å². The maximum atomic E-state index is 11.8. The van der Waals surface area contributed by atoms with Crippen LogP contribution in [0.3, 0.4) is 0 Å². The van der Waals surface area contributed by atoms with Crippen molar-refractivity contribution in [3.8, 4) is 11.8 Å². The third-order valence-corrected chi connectivity index (χ3v) is 4.31. The van der Waals surface area contributed by atoms with Gasteiger partial charge in [0.05, 0.1) is 5.56 Å². The summed E-state index contributed by atoms with van der Waals surface area (Å²) in [5.41, 5.74) is 3.17. The van der Waals surface area contributed by atoms with Gasteiger partial charge >= 0.3 is 0 Å². The first-order valence-corrected chi connectivity index (χ1v) is 7.66. The average Bonchev–Trinajstić information content (AvgIpc) is 3.12. The smallest absolute Gasteiger partial charge is 0.262 e. The van der Waals surface area contributed by atoms with Crippen molar-refractivity contribution in [2.24, 2.45) is 0 Å². The first-order valence-electron chi connectivity index (χ1n) is 6.78. The van der Waals surface area contributed by atoms with Gasteiger partial charge in [-0.05, 0) is 54.0 Å². The molecule has 0 bridgehead atoms. The Balaban J connectivity index is 1.58. The maximum absolute atomic E-state index is 11.8. The lowest BCUT2D eigenvalue weighted by Crippen LogP contribution is -2.20. The van der Waals surface area contributed by atoms with Gasteiger partial charge < -0.3 is 10.1 Å². The molecule has 1 N–H and O–H groups in total. The Labute approximate surface area is 127 Å².